The number of ether oxygens (including phenoxy) is 1. The van der Waals surface area contributed by atoms with E-state index in [0.717, 1.165) is 14.0 Å². The van der Waals surface area contributed by atoms with Crippen LogP contribution in [0.15, 0.2) is 98.1 Å². The fraction of sp³-hybridized carbons (Fsp3) is 0.0455. The van der Waals surface area contributed by atoms with Gasteiger partial charge in [0.1, 0.15) is 11.5 Å². The Morgan fingerprint density at radius 2 is 1.37 bits per heavy atom. The van der Waals surface area contributed by atoms with Crippen molar-refractivity contribution in [3.05, 3.63) is 110 Å². The molecule has 0 saturated heterocycles. The van der Waals surface area contributed by atoms with Gasteiger partial charge in [0.05, 0.1) is 16.3 Å². The quantitative estimate of drug-likeness (QED) is 0.502. The predicted molar refractivity (Wildman–Crippen MR) is 117 cm³/mol. The summed E-state index contributed by atoms with van der Waals surface area (Å²) in [6, 6.07) is 22.7. The van der Waals surface area contributed by atoms with Crippen LogP contribution in [0.3, 0.4) is 0 Å². The Hall–Kier alpha value is -3.78. The molecule has 1 aromatic heterocycles. The van der Waals surface area contributed by atoms with Crippen LogP contribution in [0.25, 0.3) is 11.4 Å². The molecule has 0 aliphatic rings. The summed E-state index contributed by atoms with van der Waals surface area (Å²) in [6.07, 6.45) is 1.87. The van der Waals surface area contributed by atoms with E-state index in [4.69, 9.17) is 4.74 Å². The van der Waals surface area contributed by atoms with Crippen LogP contribution in [0.5, 0.6) is 11.5 Å². The molecule has 1 N–H and O–H groups in total. The minimum Gasteiger partial charge on any atom is -0.456 e. The molecule has 0 atom stereocenters. The number of H-pyrrole nitrogens is 1. The minimum absolute atomic E-state index is 0.329. The van der Waals surface area contributed by atoms with Crippen LogP contribution < -0.4 is 21.8 Å². The van der Waals surface area contributed by atoms with Crippen molar-refractivity contribution in [1.29, 1.82) is 0 Å². The maximum absolute atomic E-state index is 13.1. The molecule has 4 aromatic rings. The summed E-state index contributed by atoms with van der Waals surface area (Å²) >= 11 is 1.42. The average molecular weight is 419 g/mol. The monoisotopic (exact) mass is 419 g/mol. The van der Waals surface area contributed by atoms with Gasteiger partial charge in [0.2, 0.25) is 0 Å². The fourth-order valence-corrected chi connectivity index (χ4v) is 3.55. The van der Waals surface area contributed by atoms with E-state index in [0.29, 0.717) is 22.9 Å². The van der Waals surface area contributed by atoms with E-state index in [2.05, 4.69) is 4.98 Å². The zero-order valence-corrected chi connectivity index (χ0v) is 16.8. The number of hydrogen-bond acceptors (Lipinski definition) is 5. The highest BCUT2D eigenvalue weighted by molar-refractivity contribution is 7.98. The van der Waals surface area contributed by atoms with Crippen LogP contribution in [-0.4, -0.2) is 20.4 Å². The van der Waals surface area contributed by atoms with Gasteiger partial charge in [-0.15, -0.1) is 11.8 Å². The zero-order valence-electron chi connectivity index (χ0n) is 15.9. The third-order valence-corrected chi connectivity index (χ3v) is 5.15. The molecule has 0 fully saturated rings. The Morgan fingerprint density at radius 1 is 0.767 bits per heavy atom. The Morgan fingerprint density at radius 3 is 2.00 bits per heavy atom. The van der Waals surface area contributed by atoms with Crippen LogP contribution in [0.1, 0.15) is 0 Å². The maximum Gasteiger partial charge on any atom is 0.345 e. The van der Waals surface area contributed by atoms with Crippen molar-refractivity contribution in [1.82, 2.24) is 14.1 Å². The maximum atomic E-state index is 13.1. The molecule has 0 spiro atoms. The normalized spacial score (nSPS) is 10.7. The van der Waals surface area contributed by atoms with Gasteiger partial charge in [-0.25, -0.2) is 23.5 Å². The molecule has 150 valence electrons. The summed E-state index contributed by atoms with van der Waals surface area (Å²) in [5.74, 6) is 1.27. The van der Waals surface area contributed by atoms with E-state index in [1.54, 1.807) is 48.5 Å². The second-order valence-electron chi connectivity index (χ2n) is 6.27. The molecule has 30 heavy (non-hydrogen) atoms. The van der Waals surface area contributed by atoms with Gasteiger partial charge in [0, 0.05) is 0 Å². The number of hydrogen-bond donors (Lipinski definition) is 1. The fourth-order valence-electron chi connectivity index (χ4n) is 3.00. The largest absolute Gasteiger partial charge is 0.456 e. The first kappa shape index (κ1) is 19.5. The van der Waals surface area contributed by atoms with Crippen LogP contribution >= 0.6 is 11.8 Å². The van der Waals surface area contributed by atoms with Crippen molar-refractivity contribution in [3.63, 3.8) is 0 Å². The van der Waals surface area contributed by atoms with E-state index in [1.807, 2.05) is 36.6 Å². The van der Waals surface area contributed by atoms with Crippen molar-refractivity contribution >= 4 is 11.8 Å². The lowest BCUT2D eigenvalue weighted by Gasteiger charge is -2.13. The molecular formula is C22H17N3O4S. The Bertz CT molecular complexity index is 1360. The number of benzene rings is 3. The van der Waals surface area contributed by atoms with Crippen molar-refractivity contribution in [3.8, 4) is 22.9 Å². The van der Waals surface area contributed by atoms with Crippen LogP contribution in [0.2, 0.25) is 0 Å². The molecule has 7 nitrogen and oxygen atoms in total. The molecule has 0 bridgehead atoms. The summed E-state index contributed by atoms with van der Waals surface area (Å²) in [7, 11) is 0. The van der Waals surface area contributed by atoms with Crippen LogP contribution in [-0.2, 0) is 0 Å². The number of para-hydroxylation sites is 2. The first-order valence-electron chi connectivity index (χ1n) is 9.03. The van der Waals surface area contributed by atoms with Gasteiger partial charge in [0.15, 0.2) is 0 Å². The number of nitrogens with one attached hydrogen (secondary N) is 1. The molecule has 0 aliphatic carbocycles. The Kier molecular flexibility index (Phi) is 5.40. The summed E-state index contributed by atoms with van der Waals surface area (Å²) in [4.78, 5) is 40.8. The van der Waals surface area contributed by atoms with Gasteiger partial charge in [-0.05, 0) is 48.7 Å². The number of nitrogens with zero attached hydrogens (tertiary/aromatic N) is 2. The highest BCUT2D eigenvalue weighted by Crippen LogP contribution is 2.32. The first-order valence-corrected chi connectivity index (χ1v) is 10.3. The minimum atomic E-state index is -0.805. The van der Waals surface area contributed by atoms with E-state index >= 15 is 0 Å². The van der Waals surface area contributed by atoms with Gasteiger partial charge in [-0.3, -0.25) is 4.98 Å². The third-order valence-electron chi connectivity index (χ3n) is 4.39. The predicted octanol–water partition coefficient (Wildman–Crippen LogP) is 3.19. The lowest BCUT2D eigenvalue weighted by atomic mass is 10.3. The molecule has 8 heteroatoms. The number of thioether (sulfide) groups is 1. The number of aromatic nitrogens is 3. The molecule has 0 saturated carbocycles. The van der Waals surface area contributed by atoms with Gasteiger partial charge in [-0.2, -0.15) is 0 Å². The molecule has 0 aliphatic heterocycles. The molecule has 0 radical (unpaired) electrons. The smallest absolute Gasteiger partial charge is 0.345 e. The standard InChI is InChI=1S/C22H17N3O4S/c1-30-19-14-16(12-13-18(19)29-17-10-6-3-7-11-17)25-21(27)23-20(26)24(22(25)28)15-8-4-2-5-9-15/h2-14H,1H3,(H,23,26,27). The molecular weight excluding hydrogens is 402 g/mol. The lowest BCUT2D eigenvalue weighted by molar-refractivity contribution is 0.471. The molecule has 3 aromatic carbocycles. The second kappa shape index (κ2) is 8.30. The summed E-state index contributed by atoms with van der Waals surface area (Å²) in [5.41, 5.74) is -1.65. The first-order chi connectivity index (χ1) is 14.6. The molecule has 0 amide bonds. The third kappa shape index (κ3) is 3.72. The molecule has 4 rings (SSSR count). The molecule has 1 heterocycles. The Labute approximate surface area is 175 Å². The highest BCUT2D eigenvalue weighted by atomic mass is 32.2. The zero-order chi connectivity index (χ0) is 21.1. The summed E-state index contributed by atoms with van der Waals surface area (Å²) in [6.45, 7) is 0. The summed E-state index contributed by atoms with van der Waals surface area (Å²) in [5, 5.41) is 0. The van der Waals surface area contributed by atoms with E-state index < -0.39 is 17.1 Å². The van der Waals surface area contributed by atoms with Gasteiger partial charge in [-0.1, -0.05) is 36.4 Å². The van der Waals surface area contributed by atoms with Gasteiger partial charge in [0.25, 0.3) is 0 Å². The van der Waals surface area contributed by atoms with E-state index in [1.165, 1.54) is 11.8 Å². The summed E-state index contributed by atoms with van der Waals surface area (Å²) < 4.78 is 7.77. The van der Waals surface area contributed by atoms with E-state index in [9.17, 15) is 14.4 Å². The van der Waals surface area contributed by atoms with Crippen LogP contribution in [0, 0.1) is 0 Å². The van der Waals surface area contributed by atoms with Crippen LogP contribution in [0.4, 0.5) is 0 Å². The van der Waals surface area contributed by atoms with Gasteiger partial charge < -0.3 is 4.74 Å². The van der Waals surface area contributed by atoms with Gasteiger partial charge >= 0.3 is 17.1 Å². The van der Waals surface area contributed by atoms with Crippen molar-refractivity contribution in [2.24, 2.45) is 0 Å². The number of aromatic amines is 1. The second-order valence-corrected chi connectivity index (χ2v) is 7.12. The topological polar surface area (TPSA) is 86.1 Å². The average Bonchev–Trinajstić information content (AvgIpc) is 2.76. The van der Waals surface area contributed by atoms with E-state index in [-0.39, 0.29) is 0 Å². The number of rotatable bonds is 5. The SMILES string of the molecule is CSc1cc(-n2c(=O)[nH]c(=O)n(-c3ccccc3)c2=O)ccc1Oc1ccccc1. The van der Waals surface area contributed by atoms with Crippen molar-refractivity contribution in [2.45, 2.75) is 4.90 Å². The lowest BCUT2D eigenvalue weighted by Crippen LogP contribution is -2.48. The van der Waals surface area contributed by atoms with Crippen molar-refractivity contribution in [2.75, 3.05) is 6.26 Å². The van der Waals surface area contributed by atoms with Crippen molar-refractivity contribution < 1.29 is 4.74 Å². The highest BCUT2D eigenvalue weighted by Gasteiger charge is 2.15. The molecule has 0 unspecified atom stereocenters. The Balaban J connectivity index is 1.84.